The first-order valence-corrected chi connectivity index (χ1v) is 9.78. The maximum absolute atomic E-state index is 12.3. The second-order valence-electron chi connectivity index (χ2n) is 6.07. The van der Waals surface area contributed by atoms with E-state index in [-0.39, 0.29) is 5.56 Å². The fourth-order valence-electron chi connectivity index (χ4n) is 2.59. The molecule has 8 heteroatoms. The van der Waals surface area contributed by atoms with Crippen LogP contribution in [0.25, 0.3) is 10.9 Å². The van der Waals surface area contributed by atoms with Crippen LogP contribution in [0.15, 0.2) is 46.3 Å². The summed E-state index contributed by atoms with van der Waals surface area (Å²) >= 11 is 1.56. The van der Waals surface area contributed by atoms with Gasteiger partial charge in [-0.15, -0.1) is 11.8 Å². The maximum atomic E-state index is 12.3. The Labute approximate surface area is 161 Å². The highest BCUT2D eigenvalue weighted by atomic mass is 32.2. The smallest absolute Gasteiger partial charge is 0.260 e. The van der Waals surface area contributed by atoms with Crippen LogP contribution in [0, 0.1) is 0 Å². The summed E-state index contributed by atoms with van der Waals surface area (Å²) in [6.07, 6.45) is 3.72. The van der Waals surface area contributed by atoms with Crippen molar-refractivity contribution in [1.29, 1.82) is 0 Å². The van der Waals surface area contributed by atoms with Gasteiger partial charge in [0, 0.05) is 6.20 Å². The lowest BCUT2D eigenvalue weighted by Gasteiger charge is -2.18. The number of aromatic nitrogens is 3. The summed E-state index contributed by atoms with van der Waals surface area (Å²) in [7, 11) is 1.63. The van der Waals surface area contributed by atoms with Crippen molar-refractivity contribution in [3.63, 3.8) is 0 Å². The Bertz CT molecular complexity index is 958. The van der Waals surface area contributed by atoms with Crippen molar-refractivity contribution in [3.05, 3.63) is 52.4 Å². The van der Waals surface area contributed by atoms with Crippen LogP contribution in [-0.2, 0) is 6.54 Å². The van der Waals surface area contributed by atoms with Gasteiger partial charge in [0.25, 0.3) is 5.56 Å². The Balaban J connectivity index is 1.91. The van der Waals surface area contributed by atoms with Gasteiger partial charge in [-0.05, 0) is 35.9 Å². The third kappa shape index (κ3) is 4.58. The minimum absolute atomic E-state index is 0.184. The summed E-state index contributed by atoms with van der Waals surface area (Å²) in [5.74, 6) is 8.30. The predicted octanol–water partition coefficient (Wildman–Crippen LogP) is 3.10. The molecule has 0 atom stereocenters. The molecule has 0 bridgehead atoms. The second-order valence-corrected chi connectivity index (χ2v) is 7.16. The third-order valence-electron chi connectivity index (χ3n) is 4.08. The van der Waals surface area contributed by atoms with Crippen molar-refractivity contribution in [1.82, 2.24) is 15.0 Å². The molecule has 0 aliphatic heterocycles. The van der Waals surface area contributed by atoms with Crippen molar-refractivity contribution >= 4 is 28.6 Å². The molecule has 27 heavy (non-hydrogen) atoms. The highest BCUT2D eigenvalue weighted by molar-refractivity contribution is 7.99. The molecular weight excluding hydrogens is 362 g/mol. The molecule has 1 aromatic carbocycles. The van der Waals surface area contributed by atoms with E-state index in [1.54, 1.807) is 31.1 Å². The van der Waals surface area contributed by atoms with E-state index in [2.05, 4.69) is 21.9 Å². The minimum atomic E-state index is -0.184. The molecule has 0 aliphatic carbocycles. The molecule has 0 aliphatic rings. The van der Waals surface area contributed by atoms with Crippen LogP contribution in [0.3, 0.4) is 0 Å². The summed E-state index contributed by atoms with van der Waals surface area (Å²) < 4.78 is 5.18. The van der Waals surface area contributed by atoms with E-state index in [4.69, 9.17) is 10.6 Å². The van der Waals surface area contributed by atoms with Gasteiger partial charge in [0.2, 0.25) is 5.95 Å². The maximum Gasteiger partial charge on any atom is 0.260 e. The van der Waals surface area contributed by atoms with E-state index >= 15 is 0 Å². The lowest BCUT2D eigenvalue weighted by atomic mass is 10.2. The lowest BCUT2D eigenvalue weighted by Crippen LogP contribution is -2.32. The standard InChI is InChI=1S/C19H23N5O2S/c1-3-4-11-27-18-16-15(9-10-21-17(16)25)22-19(23-18)24(20)12-13-5-7-14(26-2)8-6-13/h5-10H,3-4,11-12,20H2,1-2H3,(H,21,25). The molecule has 0 fully saturated rings. The zero-order chi connectivity index (χ0) is 19.2. The van der Waals surface area contributed by atoms with Crippen molar-refractivity contribution in [2.45, 2.75) is 31.3 Å². The number of hydrogen-bond acceptors (Lipinski definition) is 7. The van der Waals surface area contributed by atoms with E-state index < -0.39 is 0 Å². The van der Waals surface area contributed by atoms with Crippen LogP contribution >= 0.6 is 11.8 Å². The number of H-pyrrole nitrogens is 1. The molecule has 3 aromatic rings. The molecule has 7 nitrogen and oxygen atoms in total. The van der Waals surface area contributed by atoms with Gasteiger partial charge in [-0.3, -0.25) is 9.80 Å². The third-order valence-corrected chi connectivity index (χ3v) is 5.14. The number of unbranched alkanes of at least 4 members (excludes halogenated alkanes) is 1. The number of nitrogens with zero attached hydrogens (tertiary/aromatic N) is 3. The number of hydrogen-bond donors (Lipinski definition) is 2. The fourth-order valence-corrected chi connectivity index (χ4v) is 3.71. The largest absolute Gasteiger partial charge is 0.497 e. The molecule has 0 saturated heterocycles. The van der Waals surface area contributed by atoms with E-state index in [1.165, 1.54) is 5.01 Å². The molecule has 0 radical (unpaired) electrons. The first-order chi connectivity index (χ1) is 13.1. The van der Waals surface area contributed by atoms with Gasteiger partial charge in [-0.1, -0.05) is 25.5 Å². The van der Waals surface area contributed by atoms with Gasteiger partial charge in [0.15, 0.2) is 0 Å². The number of ether oxygens (including phenoxy) is 1. The van der Waals surface area contributed by atoms with E-state index in [0.717, 1.165) is 29.9 Å². The zero-order valence-electron chi connectivity index (χ0n) is 15.4. The molecule has 0 spiro atoms. The summed E-state index contributed by atoms with van der Waals surface area (Å²) in [6.45, 7) is 2.57. The summed E-state index contributed by atoms with van der Waals surface area (Å²) in [5, 5.41) is 2.67. The highest BCUT2D eigenvalue weighted by Crippen LogP contribution is 2.26. The van der Waals surface area contributed by atoms with Crippen LogP contribution < -0.4 is 21.1 Å². The molecule has 3 rings (SSSR count). The average molecular weight is 385 g/mol. The number of anilines is 1. The molecule has 0 saturated carbocycles. The second kappa shape index (κ2) is 8.88. The fraction of sp³-hybridized carbons (Fsp3) is 0.316. The summed E-state index contributed by atoms with van der Waals surface area (Å²) in [5.41, 5.74) is 1.41. The monoisotopic (exact) mass is 385 g/mol. The predicted molar refractivity (Wildman–Crippen MR) is 109 cm³/mol. The number of nitrogens with two attached hydrogens (primary N) is 1. The number of methoxy groups -OCH3 is 1. The molecule has 0 unspecified atom stereocenters. The Kier molecular flexibility index (Phi) is 6.31. The Hall–Kier alpha value is -2.58. The molecule has 3 N–H and O–H groups in total. The Morgan fingerprint density at radius 2 is 2.00 bits per heavy atom. The molecule has 0 amide bonds. The number of benzene rings is 1. The van der Waals surface area contributed by atoms with Crippen molar-refractivity contribution in [3.8, 4) is 5.75 Å². The first-order valence-electron chi connectivity index (χ1n) is 8.79. The number of pyridine rings is 1. The molecule has 142 valence electrons. The van der Waals surface area contributed by atoms with E-state index in [0.29, 0.717) is 28.4 Å². The molecule has 2 aromatic heterocycles. The normalized spacial score (nSPS) is 10.9. The SMILES string of the molecule is CCCCSc1nc(N(N)Cc2ccc(OC)cc2)nc2cc[nH]c(=O)c12. The van der Waals surface area contributed by atoms with Gasteiger partial charge >= 0.3 is 0 Å². The number of hydrazine groups is 1. The minimum Gasteiger partial charge on any atom is -0.497 e. The van der Waals surface area contributed by atoms with Gasteiger partial charge in [0.05, 0.1) is 24.6 Å². The summed E-state index contributed by atoms with van der Waals surface area (Å²) in [6, 6.07) is 9.43. The highest BCUT2D eigenvalue weighted by Gasteiger charge is 2.14. The number of thioether (sulfide) groups is 1. The topological polar surface area (TPSA) is 97.1 Å². The number of aromatic amines is 1. The number of rotatable bonds is 8. The Morgan fingerprint density at radius 1 is 1.22 bits per heavy atom. The van der Waals surface area contributed by atoms with Gasteiger partial charge < -0.3 is 9.72 Å². The quantitative estimate of drug-likeness (QED) is 0.202. The average Bonchev–Trinajstić information content (AvgIpc) is 2.68. The van der Waals surface area contributed by atoms with Crippen LogP contribution in [-0.4, -0.2) is 27.8 Å². The van der Waals surface area contributed by atoms with Gasteiger partial charge in [0.1, 0.15) is 10.8 Å². The van der Waals surface area contributed by atoms with Crippen molar-refractivity contribution < 1.29 is 4.74 Å². The van der Waals surface area contributed by atoms with Crippen LogP contribution in [0.4, 0.5) is 5.95 Å². The number of fused-ring (bicyclic) bond motifs is 1. The van der Waals surface area contributed by atoms with Crippen LogP contribution in [0.2, 0.25) is 0 Å². The number of nitrogens with one attached hydrogen (secondary N) is 1. The van der Waals surface area contributed by atoms with Gasteiger partial charge in [-0.2, -0.15) is 0 Å². The van der Waals surface area contributed by atoms with E-state index in [9.17, 15) is 4.79 Å². The lowest BCUT2D eigenvalue weighted by molar-refractivity contribution is 0.414. The molecule has 2 heterocycles. The Morgan fingerprint density at radius 3 is 2.70 bits per heavy atom. The van der Waals surface area contributed by atoms with Crippen molar-refractivity contribution in [2.75, 3.05) is 17.9 Å². The van der Waals surface area contributed by atoms with Crippen molar-refractivity contribution in [2.24, 2.45) is 5.84 Å². The molecular formula is C19H23N5O2S. The summed E-state index contributed by atoms with van der Waals surface area (Å²) in [4.78, 5) is 24.0. The van der Waals surface area contributed by atoms with Crippen LogP contribution in [0.1, 0.15) is 25.3 Å². The van der Waals surface area contributed by atoms with Gasteiger partial charge in [-0.25, -0.2) is 15.8 Å². The van der Waals surface area contributed by atoms with E-state index in [1.807, 2.05) is 24.3 Å². The zero-order valence-corrected chi connectivity index (χ0v) is 16.3. The van der Waals surface area contributed by atoms with Crippen LogP contribution in [0.5, 0.6) is 5.75 Å². The first kappa shape index (κ1) is 19.2.